The first-order valence-electron chi connectivity index (χ1n) is 9.86. The lowest BCUT2D eigenvalue weighted by Gasteiger charge is -2.29. The highest BCUT2D eigenvalue weighted by Gasteiger charge is 2.16. The summed E-state index contributed by atoms with van der Waals surface area (Å²) in [4.78, 5) is 31.3. The monoisotopic (exact) mass is 414 g/mol. The Morgan fingerprint density at radius 1 is 1.21 bits per heavy atom. The molecule has 3 heterocycles. The quantitative estimate of drug-likeness (QED) is 0.669. The van der Waals surface area contributed by atoms with Gasteiger partial charge in [0.2, 0.25) is 5.91 Å². The number of hydrogen-bond donors (Lipinski definition) is 1. The van der Waals surface area contributed by atoms with Crippen LogP contribution >= 0.6 is 11.6 Å². The molecule has 1 aromatic carbocycles. The minimum atomic E-state index is -0.491. The molecule has 0 saturated carbocycles. The third-order valence-corrected chi connectivity index (χ3v) is 5.43. The number of piperidine rings is 1. The zero-order valence-electron chi connectivity index (χ0n) is 16.1. The van der Waals surface area contributed by atoms with Crippen LogP contribution in [0.1, 0.15) is 31.2 Å². The van der Waals surface area contributed by atoms with Crippen LogP contribution in [0.4, 0.5) is 5.82 Å². The third-order valence-electron chi connectivity index (χ3n) is 5.19. The van der Waals surface area contributed by atoms with Gasteiger partial charge in [0, 0.05) is 55.4 Å². The highest BCUT2D eigenvalue weighted by Crippen LogP contribution is 2.22. The summed E-state index contributed by atoms with van der Waals surface area (Å²) in [7, 11) is 0. The Balaban J connectivity index is 1.38. The minimum Gasteiger partial charge on any atom is -0.408 e. The molecule has 1 aliphatic rings. The van der Waals surface area contributed by atoms with Crippen molar-refractivity contribution in [2.45, 2.75) is 38.8 Å². The Kier molecular flexibility index (Phi) is 5.85. The Labute approximate surface area is 173 Å². The number of carbonyl (C=O) groups is 1. The number of fused-ring (bicyclic) bond motifs is 1. The summed E-state index contributed by atoms with van der Waals surface area (Å²) < 4.78 is 6.65. The first-order valence-corrected chi connectivity index (χ1v) is 10.2. The fraction of sp³-hybridized carbons (Fsp3) is 0.381. The van der Waals surface area contributed by atoms with E-state index in [0.717, 1.165) is 24.5 Å². The molecule has 0 radical (unpaired) electrons. The van der Waals surface area contributed by atoms with Crippen LogP contribution in [-0.4, -0.2) is 28.5 Å². The van der Waals surface area contributed by atoms with Crippen LogP contribution in [0.15, 0.2) is 45.7 Å². The normalized spacial score (nSPS) is 14.3. The summed E-state index contributed by atoms with van der Waals surface area (Å²) in [6.45, 7) is 2.65. The number of pyridine rings is 1. The van der Waals surface area contributed by atoms with Crippen LogP contribution in [0.5, 0.6) is 0 Å². The molecule has 7 nitrogen and oxygen atoms in total. The molecular weight excluding hydrogens is 392 g/mol. The molecule has 3 aromatic rings. The average Bonchev–Trinajstić information content (AvgIpc) is 3.05. The maximum absolute atomic E-state index is 12.4. The van der Waals surface area contributed by atoms with Gasteiger partial charge in [-0.25, -0.2) is 9.78 Å². The molecule has 0 bridgehead atoms. The van der Waals surface area contributed by atoms with E-state index in [2.05, 4.69) is 15.2 Å². The molecule has 1 aliphatic heterocycles. The zero-order chi connectivity index (χ0) is 20.2. The molecule has 8 heteroatoms. The number of hydrogen-bond acceptors (Lipinski definition) is 5. The second-order valence-corrected chi connectivity index (χ2v) is 7.63. The lowest BCUT2D eigenvalue weighted by atomic mass is 10.1. The summed E-state index contributed by atoms with van der Waals surface area (Å²) >= 11 is 5.93. The lowest BCUT2D eigenvalue weighted by molar-refractivity contribution is -0.121. The van der Waals surface area contributed by atoms with E-state index >= 15 is 0 Å². The molecule has 0 unspecified atom stereocenters. The van der Waals surface area contributed by atoms with Gasteiger partial charge in [-0.05, 0) is 37.5 Å². The van der Waals surface area contributed by atoms with Crippen LogP contribution < -0.4 is 16.0 Å². The van der Waals surface area contributed by atoms with Gasteiger partial charge in [-0.2, -0.15) is 0 Å². The van der Waals surface area contributed by atoms with Crippen molar-refractivity contribution < 1.29 is 9.21 Å². The number of oxazole rings is 1. The van der Waals surface area contributed by atoms with Gasteiger partial charge in [0.05, 0.1) is 5.52 Å². The van der Waals surface area contributed by atoms with E-state index in [4.69, 9.17) is 16.0 Å². The number of anilines is 1. The highest BCUT2D eigenvalue weighted by molar-refractivity contribution is 6.31. The van der Waals surface area contributed by atoms with Crippen molar-refractivity contribution in [3.05, 3.63) is 57.7 Å². The molecule has 29 heavy (non-hydrogen) atoms. The molecule has 1 fully saturated rings. The Morgan fingerprint density at radius 3 is 2.86 bits per heavy atom. The highest BCUT2D eigenvalue weighted by atomic mass is 35.5. The molecule has 1 amide bonds. The summed E-state index contributed by atoms with van der Waals surface area (Å²) in [6.07, 6.45) is 5.56. The smallest absolute Gasteiger partial charge is 0.408 e. The number of halogens is 1. The third kappa shape index (κ3) is 4.45. The number of benzene rings is 1. The molecular formula is C21H23ClN4O3. The summed E-state index contributed by atoms with van der Waals surface area (Å²) in [5.74, 6) is 0.324. The molecule has 152 valence electrons. The van der Waals surface area contributed by atoms with Crippen LogP contribution in [0.2, 0.25) is 5.02 Å². The minimum absolute atomic E-state index is 0.131. The standard InChI is InChI=1S/C21H23ClN4O3/c22-16-6-7-17-18(13-16)29-21(28)26(17)12-8-19(27)24-14-15-5-4-9-23-20(15)25-10-2-1-3-11-25/h4-7,9,13H,1-3,8,10-12,14H2,(H,24,27). The second kappa shape index (κ2) is 8.69. The first kappa shape index (κ1) is 19.5. The van der Waals surface area contributed by atoms with E-state index in [1.807, 2.05) is 12.1 Å². The van der Waals surface area contributed by atoms with Crippen LogP contribution in [-0.2, 0) is 17.9 Å². The number of rotatable bonds is 6. The van der Waals surface area contributed by atoms with Gasteiger partial charge >= 0.3 is 5.76 Å². The summed E-state index contributed by atoms with van der Waals surface area (Å²) in [5, 5.41) is 3.44. The van der Waals surface area contributed by atoms with Crippen LogP contribution in [0.3, 0.4) is 0 Å². The van der Waals surface area contributed by atoms with E-state index in [1.54, 1.807) is 24.4 Å². The maximum Gasteiger partial charge on any atom is 0.419 e. The van der Waals surface area contributed by atoms with Crippen molar-refractivity contribution in [1.29, 1.82) is 0 Å². The lowest BCUT2D eigenvalue weighted by Crippen LogP contribution is -2.32. The van der Waals surface area contributed by atoms with Crippen molar-refractivity contribution in [3.8, 4) is 0 Å². The number of nitrogens with one attached hydrogen (secondary N) is 1. The number of carbonyl (C=O) groups excluding carboxylic acids is 1. The molecule has 4 rings (SSSR count). The van der Waals surface area contributed by atoms with E-state index in [1.165, 1.54) is 23.8 Å². The number of aryl methyl sites for hydroxylation is 1. The van der Waals surface area contributed by atoms with Gasteiger partial charge < -0.3 is 14.6 Å². The Morgan fingerprint density at radius 2 is 2.03 bits per heavy atom. The van der Waals surface area contributed by atoms with Gasteiger partial charge in [-0.1, -0.05) is 17.7 Å². The van der Waals surface area contributed by atoms with Crippen molar-refractivity contribution in [1.82, 2.24) is 14.9 Å². The number of aromatic nitrogens is 2. The largest absolute Gasteiger partial charge is 0.419 e. The average molecular weight is 415 g/mol. The molecule has 1 N–H and O–H groups in total. The second-order valence-electron chi connectivity index (χ2n) is 7.19. The fourth-order valence-electron chi connectivity index (χ4n) is 3.71. The van der Waals surface area contributed by atoms with E-state index in [0.29, 0.717) is 22.7 Å². The van der Waals surface area contributed by atoms with Gasteiger partial charge in [0.1, 0.15) is 5.82 Å². The molecule has 0 atom stereocenters. The topological polar surface area (TPSA) is 80.4 Å². The van der Waals surface area contributed by atoms with Crippen LogP contribution in [0.25, 0.3) is 11.1 Å². The van der Waals surface area contributed by atoms with E-state index < -0.39 is 5.76 Å². The maximum atomic E-state index is 12.4. The van der Waals surface area contributed by atoms with Gasteiger partial charge in [-0.15, -0.1) is 0 Å². The zero-order valence-corrected chi connectivity index (χ0v) is 16.8. The van der Waals surface area contributed by atoms with E-state index in [-0.39, 0.29) is 18.9 Å². The Bertz CT molecular complexity index is 1070. The van der Waals surface area contributed by atoms with Crippen molar-refractivity contribution in [3.63, 3.8) is 0 Å². The van der Waals surface area contributed by atoms with Gasteiger partial charge in [0.15, 0.2) is 5.58 Å². The Hall–Kier alpha value is -2.80. The molecule has 0 spiro atoms. The molecule has 0 aliphatic carbocycles. The summed E-state index contributed by atoms with van der Waals surface area (Å²) in [5.41, 5.74) is 2.06. The predicted molar refractivity (Wildman–Crippen MR) is 112 cm³/mol. The number of nitrogens with zero attached hydrogens (tertiary/aromatic N) is 3. The van der Waals surface area contributed by atoms with E-state index in [9.17, 15) is 9.59 Å². The molecule has 1 saturated heterocycles. The van der Waals surface area contributed by atoms with Gasteiger partial charge in [0.25, 0.3) is 0 Å². The van der Waals surface area contributed by atoms with Crippen molar-refractivity contribution >= 4 is 34.4 Å². The SMILES string of the molecule is O=C(CCn1c(=O)oc2cc(Cl)ccc21)NCc1cccnc1N1CCCCC1. The fourth-order valence-corrected chi connectivity index (χ4v) is 3.87. The summed E-state index contributed by atoms with van der Waals surface area (Å²) in [6, 6.07) is 8.90. The van der Waals surface area contributed by atoms with Gasteiger partial charge in [-0.3, -0.25) is 9.36 Å². The van der Waals surface area contributed by atoms with Crippen molar-refractivity contribution in [2.75, 3.05) is 18.0 Å². The van der Waals surface area contributed by atoms with Crippen molar-refractivity contribution in [2.24, 2.45) is 0 Å². The first-order chi connectivity index (χ1) is 14.1. The molecule has 2 aromatic heterocycles. The predicted octanol–water partition coefficient (Wildman–Crippen LogP) is 3.34. The number of amides is 1. The van der Waals surface area contributed by atoms with Crippen LogP contribution in [0, 0.1) is 0 Å².